The molecule has 4 aliphatic rings. The molecule has 4 fully saturated rings. The smallest absolute Gasteiger partial charge is 0.134 e. The predicted molar refractivity (Wildman–Crippen MR) is 81.6 cm³/mol. The highest BCUT2D eigenvalue weighted by Gasteiger charge is 2.52. The lowest BCUT2D eigenvalue weighted by molar-refractivity contribution is -0.00718. The molecular weight excluding hydrogens is 261 g/mol. The van der Waals surface area contributed by atoms with E-state index in [0.717, 1.165) is 29.0 Å². The summed E-state index contributed by atoms with van der Waals surface area (Å²) in [4.78, 5) is 4.89. The highest BCUT2D eigenvalue weighted by Crippen LogP contribution is 2.60. The van der Waals surface area contributed by atoms with Crippen LogP contribution in [0.2, 0.25) is 0 Å². The Morgan fingerprint density at radius 1 is 0.952 bits per heavy atom. The molecule has 2 aromatic rings. The second-order valence-electron chi connectivity index (χ2n) is 7.70. The first kappa shape index (κ1) is 12.1. The fraction of sp³-hybridized carbons (Fsp3) is 0.526. The van der Waals surface area contributed by atoms with Gasteiger partial charge < -0.3 is 0 Å². The van der Waals surface area contributed by atoms with Crippen LogP contribution in [0.1, 0.15) is 44.2 Å². The lowest BCUT2D eigenvalue weighted by atomic mass is 9.49. The minimum absolute atomic E-state index is 0.0913. The molecule has 4 bridgehead atoms. The largest absolute Gasteiger partial charge is 0.252 e. The molecular formula is C19H20FN. The average molecular weight is 281 g/mol. The third-order valence-electron chi connectivity index (χ3n) is 6.25. The number of hydrogen-bond acceptors (Lipinski definition) is 1. The van der Waals surface area contributed by atoms with Crippen LogP contribution < -0.4 is 0 Å². The van der Waals surface area contributed by atoms with Crippen molar-refractivity contribution in [3.8, 4) is 0 Å². The topological polar surface area (TPSA) is 12.9 Å². The maximum Gasteiger partial charge on any atom is 0.134 e. The first-order valence-corrected chi connectivity index (χ1v) is 8.28. The summed E-state index contributed by atoms with van der Waals surface area (Å²) in [6, 6.07) is 9.37. The fourth-order valence-electron chi connectivity index (χ4n) is 5.83. The zero-order valence-electron chi connectivity index (χ0n) is 12.2. The van der Waals surface area contributed by atoms with Crippen LogP contribution in [0.15, 0.2) is 30.3 Å². The van der Waals surface area contributed by atoms with Crippen molar-refractivity contribution in [2.24, 2.45) is 17.8 Å². The molecule has 108 valence electrons. The number of hydrogen-bond donors (Lipinski definition) is 0. The molecule has 0 aliphatic heterocycles. The number of para-hydroxylation sites is 1. The number of nitrogens with zero attached hydrogens (tertiary/aromatic N) is 1. The Hall–Kier alpha value is -1.44. The Morgan fingerprint density at radius 3 is 2.24 bits per heavy atom. The quantitative estimate of drug-likeness (QED) is 0.728. The molecule has 1 nitrogen and oxygen atoms in total. The van der Waals surface area contributed by atoms with Gasteiger partial charge in [-0.1, -0.05) is 12.1 Å². The summed E-state index contributed by atoms with van der Waals surface area (Å²) in [5, 5.41) is 0.658. The number of pyridine rings is 1. The van der Waals surface area contributed by atoms with Crippen LogP contribution >= 0.6 is 0 Å². The summed E-state index contributed by atoms with van der Waals surface area (Å²) < 4.78 is 14.5. The third kappa shape index (κ3) is 1.71. The Balaban J connectivity index is 1.67. The van der Waals surface area contributed by atoms with Crippen molar-refractivity contribution in [2.45, 2.75) is 43.9 Å². The van der Waals surface area contributed by atoms with Gasteiger partial charge in [-0.25, -0.2) is 4.39 Å². The van der Waals surface area contributed by atoms with Crippen molar-refractivity contribution >= 4 is 10.9 Å². The van der Waals surface area contributed by atoms with E-state index in [9.17, 15) is 4.39 Å². The van der Waals surface area contributed by atoms with E-state index in [1.807, 2.05) is 24.3 Å². The molecule has 0 unspecified atom stereocenters. The van der Waals surface area contributed by atoms with Crippen LogP contribution in [-0.4, -0.2) is 4.98 Å². The molecule has 1 aromatic heterocycles. The van der Waals surface area contributed by atoms with Crippen LogP contribution in [-0.2, 0) is 5.41 Å². The van der Waals surface area contributed by atoms with Crippen molar-refractivity contribution in [3.63, 3.8) is 0 Å². The number of halogens is 1. The molecule has 4 saturated carbocycles. The summed E-state index contributed by atoms with van der Waals surface area (Å²) in [5.74, 6) is 2.51. The van der Waals surface area contributed by atoms with Gasteiger partial charge >= 0.3 is 0 Å². The summed E-state index contributed by atoms with van der Waals surface area (Å²) in [5.41, 5.74) is 2.04. The molecule has 0 spiro atoms. The minimum Gasteiger partial charge on any atom is -0.252 e. The predicted octanol–water partition coefficient (Wildman–Crippen LogP) is 4.84. The van der Waals surface area contributed by atoms with Gasteiger partial charge in [0, 0.05) is 10.8 Å². The lowest BCUT2D eigenvalue weighted by Gasteiger charge is -2.56. The monoisotopic (exact) mass is 281 g/mol. The fourth-order valence-corrected chi connectivity index (χ4v) is 5.83. The van der Waals surface area contributed by atoms with Crippen molar-refractivity contribution < 1.29 is 4.39 Å². The molecule has 21 heavy (non-hydrogen) atoms. The van der Waals surface area contributed by atoms with Gasteiger partial charge in [-0.2, -0.15) is 0 Å². The molecule has 0 saturated heterocycles. The van der Waals surface area contributed by atoms with Crippen LogP contribution in [0.3, 0.4) is 0 Å². The van der Waals surface area contributed by atoms with E-state index in [1.165, 1.54) is 38.5 Å². The first-order chi connectivity index (χ1) is 10.2. The van der Waals surface area contributed by atoms with Crippen molar-refractivity contribution in [1.29, 1.82) is 0 Å². The minimum atomic E-state index is -0.0913. The Kier molecular flexibility index (Phi) is 2.34. The Morgan fingerprint density at radius 2 is 1.57 bits per heavy atom. The van der Waals surface area contributed by atoms with Gasteiger partial charge in [0.15, 0.2) is 0 Å². The number of fused-ring (bicyclic) bond motifs is 1. The lowest BCUT2D eigenvalue weighted by Crippen LogP contribution is -2.49. The zero-order chi connectivity index (χ0) is 14.0. The van der Waals surface area contributed by atoms with Crippen LogP contribution in [0.5, 0.6) is 0 Å². The molecule has 1 heterocycles. The van der Waals surface area contributed by atoms with Crippen molar-refractivity contribution in [1.82, 2.24) is 4.98 Å². The summed E-state index contributed by atoms with van der Waals surface area (Å²) >= 11 is 0. The van der Waals surface area contributed by atoms with E-state index in [4.69, 9.17) is 4.98 Å². The van der Waals surface area contributed by atoms with Gasteiger partial charge in [-0.05, 0) is 74.5 Å². The Bertz CT molecular complexity index is 685. The summed E-state index contributed by atoms with van der Waals surface area (Å²) in [6.07, 6.45) is 7.96. The summed E-state index contributed by atoms with van der Waals surface area (Å²) in [6.45, 7) is 0. The van der Waals surface area contributed by atoms with Crippen LogP contribution in [0.25, 0.3) is 10.9 Å². The van der Waals surface area contributed by atoms with E-state index < -0.39 is 0 Å². The average Bonchev–Trinajstić information content (AvgIpc) is 2.46. The molecule has 1 aromatic carbocycles. The van der Waals surface area contributed by atoms with Gasteiger partial charge in [0.2, 0.25) is 0 Å². The molecule has 0 atom stereocenters. The summed E-state index contributed by atoms with van der Waals surface area (Å²) in [7, 11) is 0. The van der Waals surface area contributed by atoms with E-state index in [2.05, 4.69) is 0 Å². The van der Waals surface area contributed by atoms with Gasteiger partial charge in [0.1, 0.15) is 5.82 Å². The van der Waals surface area contributed by atoms with Crippen LogP contribution in [0.4, 0.5) is 4.39 Å². The van der Waals surface area contributed by atoms with Gasteiger partial charge in [-0.3, -0.25) is 4.98 Å². The second kappa shape index (κ2) is 4.06. The molecule has 0 N–H and O–H groups in total. The van der Waals surface area contributed by atoms with E-state index >= 15 is 0 Å². The molecule has 2 heteroatoms. The zero-order valence-corrected chi connectivity index (χ0v) is 12.2. The number of aromatic nitrogens is 1. The highest BCUT2D eigenvalue weighted by atomic mass is 19.1. The van der Waals surface area contributed by atoms with Crippen molar-refractivity contribution in [3.05, 3.63) is 41.8 Å². The second-order valence-corrected chi connectivity index (χ2v) is 7.70. The highest BCUT2D eigenvalue weighted by molar-refractivity contribution is 5.79. The number of benzene rings is 1. The molecule has 6 rings (SSSR count). The third-order valence-corrected chi connectivity index (χ3v) is 6.25. The first-order valence-electron chi connectivity index (χ1n) is 8.28. The SMILES string of the molecule is Fc1cc(C23CC4CC(CC(C4)C2)C3)nc2ccccc12. The maximum atomic E-state index is 14.5. The Labute approximate surface area is 124 Å². The van der Waals surface area contributed by atoms with Gasteiger partial charge in [0.05, 0.1) is 11.2 Å². The van der Waals surface area contributed by atoms with Gasteiger partial charge in [-0.15, -0.1) is 0 Å². The van der Waals surface area contributed by atoms with E-state index in [-0.39, 0.29) is 11.2 Å². The standard InChI is InChI=1S/C19H20FN/c20-16-8-18(21-17-4-2-1-3-15(16)17)19-9-12-5-13(10-19)7-14(6-12)11-19/h1-4,8,12-14H,5-7,9-11H2. The van der Waals surface area contributed by atoms with Crippen LogP contribution in [0, 0.1) is 23.6 Å². The molecule has 0 amide bonds. The normalized spacial score (nSPS) is 37.3. The van der Waals surface area contributed by atoms with Gasteiger partial charge in [0.25, 0.3) is 0 Å². The van der Waals surface area contributed by atoms with E-state index in [0.29, 0.717) is 5.39 Å². The maximum absolute atomic E-state index is 14.5. The van der Waals surface area contributed by atoms with Crippen molar-refractivity contribution in [2.75, 3.05) is 0 Å². The molecule has 0 radical (unpaired) electrons. The molecule has 4 aliphatic carbocycles. The van der Waals surface area contributed by atoms with E-state index in [1.54, 1.807) is 6.07 Å². The number of rotatable bonds is 1.